The van der Waals surface area contributed by atoms with Crippen LogP contribution in [0.15, 0.2) is 18.2 Å². The van der Waals surface area contributed by atoms with Gasteiger partial charge in [-0.1, -0.05) is 13.8 Å². The van der Waals surface area contributed by atoms with Crippen molar-refractivity contribution in [2.75, 3.05) is 26.8 Å². The Morgan fingerprint density at radius 3 is 2.65 bits per heavy atom. The van der Waals surface area contributed by atoms with Crippen LogP contribution in [0.5, 0.6) is 11.5 Å². The monoisotopic (exact) mass is 239 g/mol. The molecule has 1 aromatic carbocycles. The van der Waals surface area contributed by atoms with E-state index in [-0.39, 0.29) is 12.4 Å². The molecule has 0 aliphatic carbocycles. The first kappa shape index (κ1) is 13.8. The molecule has 1 aromatic rings. The van der Waals surface area contributed by atoms with E-state index < -0.39 is 5.41 Å². The van der Waals surface area contributed by atoms with E-state index >= 15 is 0 Å². The van der Waals surface area contributed by atoms with Crippen molar-refractivity contribution < 1.29 is 14.9 Å². The first-order valence-electron chi connectivity index (χ1n) is 5.76. The maximum Gasteiger partial charge on any atom is 0.119 e. The molecule has 0 spiro atoms. The average molecular weight is 239 g/mol. The van der Waals surface area contributed by atoms with E-state index in [4.69, 9.17) is 4.74 Å². The van der Waals surface area contributed by atoms with Gasteiger partial charge in [0, 0.05) is 17.5 Å². The smallest absolute Gasteiger partial charge is 0.119 e. The lowest BCUT2D eigenvalue weighted by Crippen LogP contribution is -2.38. The van der Waals surface area contributed by atoms with Gasteiger partial charge in [0.2, 0.25) is 0 Å². The van der Waals surface area contributed by atoms with E-state index in [0.29, 0.717) is 17.9 Å². The predicted molar refractivity (Wildman–Crippen MR) is 67.6 cm³/mol. The number of ether oxygens (including phenoxy) is 1. The minimum Gasteiger partial charge on any atom is -0.508 e. The fraction of sp³-hybridized carbons (Fsp3) is 0.538. The molecule has 0 radical (unpaired) electrons. The Hall–Kier alpha value is -1.26. The van der Waals surface area contributed by atoms with Crippen LogP contribution in [-0.2, 0) is 5.41 Å². The standard InChI is InChI=1S/C13H21NO3/c1-4-14-8-13(2,9-15)11-7-10(17-3)5-6-12(11)16/h5-7,14-16H,4,8-9H2,1-3H3. The summed E-state index contributed by atoms with van der Waals surface area (Å²) in [5.41, 5.74) is 0.176. The summed E-state index contributed by atoms with van der Waals surface area (Å²) in [7, 11) is 1.58. The van der Waals surface area contributed by atoms with Crippen LogP contribution < -0.4 is 10.1 Å². The first-order valence-corrected chi connectivity index (χ1v) is 5.76. The maximum atomic E-state index is 9.90. The number of nitrogens with one attached hydrogen (secondary N) is 1. The van der Waals surface area contributed by atoms with Crippen LogP contribution in [0.4, 0.5) is 0 Å². The van der Waals surface area contributed by atoms with Crippen molar-refractivity contribution in [3.05, 3.63) is 23.8 Å². The highest BCUT2D eigenvalue weighted by molar-refractivity contribution is 5.44. The molecule has 4 heteroatoms. The Morgan fingerprint density at radius 1 is 1.41 bits per heavy atom. The van der Waals surface area contributed by atoms with Gasteiger partial charge in [-0.15, -0.1) is 0 Å². The molecule has 96 valence electrons. The van der Waals surface area contributed by atoms with Gasteiger partial charge < -0.3 is 20.3 Å². The fourth-order valence-corrected chi connectivity index (χ4v) is 1.76. The molecular weight excluding hydrogens is 218 g/mol. The Kier molecular flexibility index (Phi) is 4.78. The Bertz CT molecular complexity index is 368. The van der Waals surface area contributed by atoms with Crippen molar-refractivity contribution in [2.45, 2.75) is 19.3 Å². The highest BCUT2D eigenvalue weighted by Crippen LogP contribution is 2.33. The number of aromatic hydroxyl groups is 1. The molecule has 4 nitrogen and oxygen atoms in total. The summed E-state index contributed by atoms with van der Waals surface area (Å²) in [5, 5.41) is 22.7. The summed E-state index contributed by atoms with van der Waals surface area (Å²) in [4.78, 5) is 0. The lowest BCUT2D eigenvalue weighted by Gasteiger charge is -2.29. The Labute approximate surface area is 102 Å². The molecule has 0 heterocycles. The third kappa shape index (κ3) is 3.11. The molecular formula is C13H21NO3. The summed E-state index contributed by atoms with van der Waals surface area (Å²) < 4.78 is 5.14. The van der Waals surface area contributed by atoms with E-state index in [1.165, 1.54) is 0 Å². The second-order valence-electron chi connectivity index (χ2n) is 4.38. The zero-order valence-corrected chi connectivity index (χ0v) is 10.7. The van der Waals surface area contributed by atoms with Crippen LogP contribution in [0.3, 0.4) is 0 Å². The second-order valence-corrected chi connectivity index (χ2v) is 4.38. The van der Waals surface area contributed by atoms with Crippen LogP contribution in [0.2, 0.25) is 0 Å². The largest absolute Gasteiger partial charge is 0.508 e. The number of aliphatic hydroxyl groups excluding tert-OH is 1. The van der Waals surface area contributed by atoms with Crippen molar-refractivity contribution in [3.63, 3.8) is 0 Å². The lowest BCUT2D eigenvalue weighted by atomic mass is 9.82. The Morgan fingerprint density at radius 2 is 2.12 bits per heavy atom. The number of likely N-dealkylation sites (N-methyl/N-ethyl adjacent to an activating group) is 1. The first-order chi connectivity index (χ1) is 8.07. The minimum atomic E-state index is -0.519. The molecule has 1 atom stereocenters. The molecule has 0 saturated heterocycles. The van der Waals surface area contributed by atoms with E-state index in [9.17, 15) is 10.2 Å². The lowest BCUT2D eigenvalue weighted by molar-refractivity contribution is 0.199. The second kappa shape index (κ2) is 5.89. The minimum absolute atomic E-state index is 0.0409. The number of phenolic OH excluding ortho intramolecular Hbond substituents is 1. The summed E-state index contributed by atoms with van der Waals surface area (Å²) in [6.07, 6.45) is 0. The van der Waals surface area contributed by atoms with Crippen LogP contribution in [0.25, 0.3) is 0 Å². The number of hydrogen-bond acceptors (Lipinski definition) is 4. The van der Waals surface area contributed by atoms with Gasteiger partial charge in [-0.05, 0) is 24.7 Å². The molecule has 1 unspecified atom stereocenters. The van der Waals surface area contributed by atoms with Gasteiger partial charge in [-0.25, -0.2) is 0 Å². The summed E-state index contributed by atoms with van der Waals surface area (Å²) in [6, 6.07) is 5.06. The highest BCUT2D eigenvalue weighted by atomic mass is 16.5. The molecule has 0 bridgehead atoms. The van der Waals surface area contributed by atoms with Crippen molar-refractivity contribution in [3.8, 4) is 11.5 Å². The molecule has 0 fully saturated rings. The Balaban J connectivity index is 3.08. The zero-order valence-electron chi connectivity index (χ0n) is 10.7. The molecule has 3 N–H and O–H groups in total. The van der Waals surface area contributed by atoms with Crippen molar-refractivity contribution >= 4 is 0 Å². The van der Waals surface area contributed by atoms with Crippen molar-refractivity contribution in [1.82, 2.24) is 5.32 Å². The van der Waals surface area contributed by atoms with E-state index in [1.54, 1.807) is 25.3 Å². The van der Waals surface area contributed by atoms with Gasteiger partial charge in [-0.3, -0.25) is 0 Å². The van der Waals surface area contributed by atoms with E-state index in [0.717, 1.165) is 6.54 Å². The van der Waals surface area contributed by atoms with Crippen LogP contribution in [0.1, 0.15) is 19.4 Å². The molecule has 0 saturated carbocycles. The van der Waals surface area contributed by atoms with Gasteiger partial charge in [0.05, 0.1) is 13.7 Å². The number of methoxy groups -OCH3 is 1. The number of phenols is 1. The van der Waals surface area contributed by atoms with Crippen LogP contribution in [-0.4, -0.2) is 37.0 Å². The molecule has 0 amide bonds. The SMILES string of the molecule is CCNCC(C)(CO)c1cc(OC)ccc1O. The van der Waals surface area contributed by atoms with E-state index in [2.05, 4.69) is 5.32 Å². The third-order valence-electron chi connectivity index (χ3n) is 2.97. The topological polar surface area (TPSA) is 61.7 Å². The number of rotatable bonds is 6. The van der Waals surface area contributed by atoms with Crippen molar-refractivity contribution in [1.29, 1.82) is 0 Å². The molecule has 17 heavy (non-hydrogen) atoms. The van der Waals surface area contributed by atoms with Gasteiger partial charge in [-0.2, -0.15) is 0 Å². The van der Waals surface area contributed by atoms with Gasteiger partial charge in [0.25, 0.3) is 0 Å². The third-order valence-corrected chi connectivity index (χ3v) is 2.97. The number of benzene rings is 1. The molecule has 0 aliphatic heterocycles. The normalized spacial score (nSPS) is 14.4. The van der Waals surface area contributed by atoms with Gasteiger partial charge in [0.15, 0.2) is 0 Å². The fourth-order valence-electron chi connectivity index (χ4n) is 1.76. The molecule has 0 aromatic heterocycles. The maximum absolute atomic E-state index is 9.90. The number of hydrogen-bond donors (Lipinski definition) is 3. The molecule has 0 aliphatic rings. The van der Waals surface area contributed by atoms with Gasteiger partial charge in [0.1, 0.15) is 11.5 Å². The number of aliphatic hydroxyl groups is 1. The molecule has 1 rings (SSSR count). The average Bonchev–Trinajstić information content (AvgIpc) is 2.36. The predicted octanol–water partition coefficient (Wildman–Crippen LogP) is 1.26. The highest BCUT2D eigenvalue weighted by Gasteiger charge is 2.28. The summed E-state index contributed by atoms with van der Waals surface area (Å²) in [6.45, 7) is 5.29. The van der Waals surface area contributed by atoms with Gasteiger partial charge >= 0.3 is 0 Å². The quantitative estimate of drug-likeness (QED) is 0.699. The summed E-state index contributed by atoms with van der Waals surface area (Å²) in [5.74, 6) is 0.856. The van der Waals surface area contributed by atoms with E-state index in [1.807, 2.05) is 13.8 Å². The summed E-state index contributed by atoms with van der Waals surface area (Å²) >= 11 is 0. The zero-order chi connectivity index (χ0) is 12.9. The van der Waals surface area contributed by atoms with Crippen LogP contribution in [0, 0.1) is 0 Å². The van der Waals surface area contributed by atoms with Crippen molar-refractivity contribution in [2.24, 2.45) is 0 Å². The van der Waals surface area contributed by atoms with Crippen LogP contribution >= 0.6 is 0 Å².